The number of carbonyl (C=O) groups is 2. The molecule has 0 aromatic carbocycles. The molecule has 7 heteroatoms. The Morgan fingerprint density at radius 2 is 1.78 bits per heavy atom. The van der Waals surface area contributed by atoms with Crippen LogP contribution in [0.3, 0.4) is 0 Å². The van der Waals surface area contributed by atoms with Crippen molar-refractivity contribution in [1.29, 1.82) is 0 Å². The number of thiophene rings is 1. The number of hydrogen-bond acceptors (Lipinski definition) is 5. The normalized spacial score (nSPS) is 29.3. The number of carboxylic acid groups (broad SMARTS) is 1. The molecule has 0 atom stereocenters. The lowest BCUT2D eigenvalue weighted by molar-refractivity contribution is -0.124. The van der Waals surface area contributed by atoms with Crippen molar-refractivity contribution in [3.05, 3.63) is 15.8 Å². The Labute approximate surface area is 194 Å². The average molecular weight is 460 g/mol. The van der Waals surface area contributed by atoms with E-state index in [0.717, 1.165) is 37.0 Å². The fourth-order valence-corrected chi connectivity index (χ4v) is 5.83. The van der Waals surface area contributed by atoms with Crippen molar-refractivity contribution in [2.45, 2.75) is 77.4 Å². The number of aromatic carboxylic acids is 1. The van der Waals surface area contributed by atoms with Gasteiger partial charge < -0.3 is 19.8 Å². The van der Waals surface area contributed by atoms with Gasteiger partial charge in [0.1, 0.15) is 4.88 Å². The summed E-state index contributed by atoms with van der Waals surface area (Å²) in [7, 11) is 0. The van der Waals surface area contributed by atoms with E-state index in [1.807, 2.05) is 6.92 Å². The summed E-state index contributed by atoms with van der Waals surface area (Å²) in [5, 5.41) is 19.9. The fourth-order valence-electron chi connectivity index (χ4n) is 4.98. The highest BCUT2D eigenvalue weighted by atomic mass is 32.1. The van der Waals surface area contributed by atoms with Crippen molar-refractivity contribution in [1.82, 2.24) is 0 Å². The van der Waals surface area contributed by atoms with Crippen LogP contribution >= 0.6 is 11.3 Å². The van der Waals surface area contributed by atoms with Crippen LogP contribution in [0.5, 0.6) is 0 Å². The summed E-state index contributed by atoms with van der Waals surface area (Å²) >= 11 is 1.14. The highest BCUT2D eigenvalue weighted by Gasteiger charge is 2.37. The Hall–Kier alpha value is -1.88. The van der Waals surface area contributed by atoms with Gasteiger partial charge in [0.15, 0.2) is 0 Å². The van der Waals surface area contributed by atoms with Crippen molar-refractivity contribution in [3.8, 4) is 11.8 Å². The van der Waals surface area contributed by atoms with Gasteiger partial charge in [-0.2, -0.15) is 0 Å². The summed E-state index contributed by atoms with van der Waals surface area (Å²) in [5.41, 5.74) is 0.285. The van der Waals surface area contributed by atoms with Crippen molar-refractivity contribution < 1.29 is 24.5 Å². The van der Waals surface area contributed by atoms with Gasteiger partial charge >= 0.3 is 5.97 Å². The van der Waals surface area contributed by atoms with E-state index in [1.54, 1.807) is 11.0 Å². The Bertz CT molecular complexity index is 908. The van der Waals surface area contributed by atoms with Crippen LogP contribution in [0.2, 0.25) is 0 Å². The molecule has 0 spiro atoms. The molecule has 1 aromatic heterocycles. The van der Waals surface area contributed by atoms with E-state index in [0.29, 0.717) is 55.4 Å². The highest BCUT2D eigenvalue weighted by Crippen LogP contribution is 2.39. The first-order chi connectivity index (χ1) is 15.3. The standard InChI is InChI=1S/C25H33NO5S/c1-16-3-5-17(6-4-16)23(28)26(18-7-9-19(27)10-8-18)21-13-20(32-22(21)24(29)30)11-12-25(2)14-31-15-25/h13,16-19,27H,3-10,14-15H2,1-2H3,(H,29,30)/t16?,17?,18-,19+. The molecule has 2 N–H and O–H groups in total. The lowest BCUT2D eigenvalue weighted by Gasteiger charge is -2.38. The zero-order valence-corrected chi connectivity index (χ0v) is 19.7. The molecule has 174 valence electrons. The van der Waals surface area contributed by atoms with Crippen molar-refractivity contribution >= 4 is 28.9 Å². The fraction of sp³-hybridized carbons (Fsp3) is 0.680. The SMILES string of the molecule is CC1CCC(C(=O)N(c2cc(C#CC3(C)COC3)sc2C(=O)O)[C@H]2CC[C@@H](O)CC2)CC1. The van der Waals surface area contributed by atoms with Gasteiger partial charge in [0.2, 0.25) is 5.91 Å². The lowest BCUT2D eigenvalue weighted by atomic mass is 9.81. The van der Waals surface area contributed by atoms with Gasteiger partial charge in [-0.15, -0.1) is 11.3 Å². The molecule has 0 radical (unpaired) electrons. The maximum Gasteiger partial charge on any atom is 0.348 e. The smallest absolute Gasteiger partial charge is 0.348 e. The number of carboxylic acids is 1. The molecule has 2 heterocycles. The summed E-state index contributed by atoms with van der Waals surface area (Å²) in [6.45, 7) is 5.42. The molecule has 2 aliphatic carbocycles. The maximum absolute atomic E-state index is 13.8. The van der Waals surface area contributed by atoms with Crippen LogP contribution in [0.4, 0.5) is 5.69 Å². The van der Waals surface area contributed by atoms with Gasteiger partial charge in [-0.3, -0.25) is 4.79 Å². The highest BCUT2D eigenvalue weighted by molar-refractivity contribution is 7.15. The predicted molar refractivity (Wildman–Crippen MR) is 124 cm³/mol. The summed E-state index contributed by atoms with van der Waals surface area (Å²) in [5.74, 6) is 5.93. The summed E-state index contributed by atoms with van der Waals surface area (Å²) < 4.78 is 5.26. The first-order valence-electron chi connectivity index (χ1n) is 11.7. The largest absolute Gasteiger partial charge is 0.477 e. The Balaban J connectivity index is 1.67. The van der Waals surface area contributed by atoms with Crippen LogP contribution < -0.4 is 4.90 Å². The number of ether oxygens (including phenoxy) is 1. The van der Waals surface area contributed by atoms with Gasteiger partial charge in [0.25, 0.3) is 0 Å². The van der Waals surface area contributed by atoms with Gasteiger partial charge in [-0.1, -0.05) is 18.8 Å². The van der Waals surface area contributed by atoms with Gasteiger partial charge in [0.05, 0.1) is 35.3 Å². The lowest BCUT2D eigenvalue weighted by Crippen LogP contribution is -2.47. The Kier molecular flexibility index (Phi) is 6.94. The van der Waals surface area contributed by atoms with E-state index < -0.39 is 5.97 Å². The number of anilines is 1. The van der Waals surface area contributed by atoms with Gasteiger partial charge in [0, 0.05) is 12.0 Å². The molecule has 32 heavy (non-hydrogen) atoms. The van der Waals surface area contributed by atoms with Crippen LogP contribution in [-0.4, -0.2) is 47.4 Å². The topological polar surface area (TPSA) is 87.1 Å². The zero-order chi connectivity index (χ0) is 22.9. The molecule has 6 nitrogen and oxygen atoms in total. The summed E-state index contributed by atoms with van der Waals surface area (Å²) in [6, 6.07) is 1.70. The monoisotopic (exact) mass is 459 g/mol. The minimum absolute atomic E-state index is 0.0393. The average Bonchev–Trinajstić information content (AvgIpc) is 3.17. The number of nitrogens with zero attached hydrogens (tertiary/aromatic N) is 1. The molecule has 3 aliphatic rings. The molecular formula is C25H33NO5S. The van der Waals surface area contributed by atoms with Crippen LogP contribution in [0.1, 0.15) is 79.8 Å². The molecule has 4 rings (SSSR count). The van der Waals surface area contributed by atoms with E-state index in [2.05, 4.69) is 18.8 Å². The number of rotatable bonds is 4. The third-order valence-electron chi connectivity index (χ3n) is 7.13. The van der Waals surface area contributed by atoms with Crippen LogP contribution in [0.25, 0.3) is 0 Å². The van der Waals surface area contributed by atoms with E-state index in [4.69, 9.17) is 4.74 Å². The zero-order valence-electron chi connectivity index (χ0n) is 18.9. The molecule has 1 aliphatic heterocycles. The van der Waals surface area contributed by atoms with E-state index in [9.17, 15) is 19.8 Å². The predicted octanol–water partition coefficient (Wildman–Crippen LogP) is 4.30. The first-order valence-corrected chi connectivity index (χ1v) is 12.6. The molecule has 1 aromatic rings. The molecule has 3 fully saturated rings. The minimum atomic E-state index is -1.03. The second-order valence-electron chi connectivity index (χ2n) is 10.1. The van der Waals surface area contributed by atoms with Crippen molar-refractivity contribution in [3.63, 3.8) is 0 Å². The third-order valence-corrected chi connectivity index (χ3v) is 8.16. The van der Waals surface area contributed by atoms with Crippen LogP contribution in [0.15, 0.2) is 6.07 Å². The number of hydrogen-bond donors (Lipinski definition) is 2. The molecule has 1 amide bonds. The van der Waals surface area contributed by atoms with Crippen LogP contribution in [0, 0.1) is 29.1 Å². The van der Waals surface area contributed by atoms with Crippen LogP contribution in [-0.2, 0) is 9.53 Å². The number of carbonyl (C=O) groups excluding carboxylic acids is 1. The molecule has 1 saturated heterocycles. The summed E-state index contributed by atoms with van der Waals surface area (Å²) in [6.07, 6.45) is 6.05. The quantitative estimate of drug-likeness (QED) is 0.656. The molecule has 2 saturated carbocycles. The van der Waals surface area contributed by atoms with Crippen molar-refractivity contribution in [2.24, 2.45) is 17.3 Å². The third kappa shape index (κ3) is 5.03. The van der Waals surface area contributed by atoms with Crippen molar-refractivity contribution in [2.75, 3.05) is 18.1 Å². The molecular weight excluding hydrogens is 426 g/mol. The van der Waals surface area contributed by atoms with E-state index >= 15 is 0 Å². The number of amides is 1. The minimum Gasteiger partial charge on any atom is -0.477 e. The maximum atomic E-state index is 13.8. The van der Waals surface area contributed by atoms with Gasteiger partial charge in [-0.05, 0) is 70.3 Å². The number of aliphatic hydroxyl groups excluding tert-OH is 1. The van der Waals surface area contributed by atoms with E-state index in [1.165, 1.54) is 0 Å². The molecule has 0 bridgehead atoms. The second kappa shape index (κ2) is 9.54. The Morgan fingerprint density at radius 1 is 1.12 bits per heavy atom. The number of aliphatic hydroxyl groups is 1. The second-order valence-corrected chi connectivity index (χ2v) is 11.1. The van der Waals surface area contributed by atoms with Gasteiger partial charge in [-0.25, -0.2) is 4.79 Å². The summed E-state index contributed by atoms with van der Waals surface area (Å²) in [4.78, 5) is 28.5. The Morgan fingerprint density at radius 3 is 2.34 bits per heavy atom. The molecule has 0 unspecified atom stereocenters. The van der Waals surface area contributed by atoms with E-state index in [-0.39, 0.29) is 34.3 Å². The first kappa shape index (κ1) is 23.3.